The van der Waals surface area contributed by atoms with Gasteiger partial charge in [-0.3, -0.25) is 9.55 Å². The van der Waals surface area contributed by atoms with E-state index in [9.17, 15) is 5.11 Å². The molecule has 0 aliphatic rings. The molecule has 0 saturated carbocycles. The van der Waals surface area contributed by atoms with Crippen LogP contribution in [0.1, 0.15) is 58.2 Å². The Kier molecular flexibility index (Phi) is 8.30. The molecular formula is C49H45N3O. The molecule has 0 aliphatic carbocycles. The fourth-order valence-corrected chi connectivity index (χ4v) is 7.38. The minimum Gasteiger partial charge on any atom is -0.507 e. The minimum atomic E-state index is -0.120. The van der Waals surface area contributed by atoms with Crippen LogP contribution < -0.4 is 0 Å². The van der Waals surface area contributed by atoms with Crippen LogP contribution in [-0.4, -0.2) is 19.6 Å². The number of fused-ring (bicyclic) bond motifs is 2. The van der Waals surface area contributed by atoms with Crippen molar-refractivity contribution < 1.29 is 5.11 Å². The van der Waals surface area contributed by atoms with Crippen molar-refractivity contribution in [3.63, 3.8) is 0 Å². The maximum absolute atomic E-state index is 11.1. The fourth-order valence-electron chi connectivity index (χ4n) is 7.38. The van der Waals surface area contributed by atoms with Gasteiger partial charge < -0.3 is 5.11 Å². The van der Waals surface area contributed by atoms with E-state index in [1.165, 1.54) is 27.8 Å². The molecule has 0 spiro atoms. The normalized spacial score (nSPS) is 12.1. The van der Waals surface area contributed by atoms with Gasteiger partial charge in [0.2, 0.25) is 0 Å². The molecule has 0 aliphatic heterocycles. The quantitative estimate of drug-likeness (QED) is 0.195. The lowest BCUT2D eigenvalue weighted by molar-refractivity contribution is 0.477. The van der Waals surface area contributed by atoms with E-state index in [2.05, 4.69) is 156 Å². The van der Waals surface area contributed by atoms with E-state index in [4.69, 9.17) is 9.97 Å². The second-order valence-corrected chi connectivity index (χ2v) is 16.2. The molecule has 0 amide bonds. The molecule has 0 fully saturated rings. The highest BCUT2D eigenvalue weighted by molar-refractivity contribution is 6.00. The van der Waals surface area contributed by atoms with Gasteiger partial charge >= 0.3 is 0 Å². The van der Waals surface area contributed by atoms with E-state index in [0.29, 0.717) is 11.4 Å². The van der Waals surface area contributed by atoms with Gasteiger partial charge in [-0.05, 0) is 111 Å². The summed E-state index contributed by atoms with van der Waals surface area (Å²) in [5.74, 6) is 0.893. The van der Waals surface area contributed by atoms with Gasteiger partial charge in [-0.15, -0.1) is 0 Å². The summed E-state index contributed by atoms with van der Waals surface area (Å²) in [7, 11) is 0. The standard InChI is InChI=1S/C49H45N3O/c1-31-14-8-9-16-39(31)35-26-32-15-13-25-50-45(32)42(30-35)34-27-33(28-37(29-34)49(5,6)7)40-18-12-19-43-46(40)51-47(41-17-10-11-20-44(41)53)52(43)38-23-21-36(22-24-38)48(2,3)4/h8-30,53H,1-7H3. The van der Waals surface area contributed by atoms with Gasteiger partial charge in [0.05, 0.1) is 22.1 Å². The predicted octanol–water partition coefficient (Wildman–Crippen LogP) is 12.9. The smallest absolute Gasteiger partial charge is 0.149 e. The van der Waals surface area contributed by atoms with Crippen molar-refractivity contribution in [2.45, 2.75) is 59.3 Å². The molecule has 0 bridgehead atoms. The Balaban J connectivity index is 1.39. The summed E-state index contributed by atoms with van der Waals surface area (Å²) in [5, 5.41) is 12.2. The van der Waals surface area contributed by atoms with Gasteiger partial charge in [-0.1, -0.05) is 120 Å². The van der Waals surface area contributed by atoms with E-state index in [1.54, 1.807) is 6.07 Å². The Morgan fingerprint density at radius 3 is 1.87 bits per heavy atom. The molecule has 2 heterocycles. The third kappa shape index (κ3) is 6.29. The van der Waals surface area contributed by atoms with Crippen LogP contribution in [0.15, 0.2) is 140 Å². The number of nitrogens with zero attached hydrogens (tertiary/aromatic N) is 3. The van der Waals surface area contributed by atoms with Crippen LogP contribution in [0.25, 0.3) is 72.4 Å². The number of aromatic nitrogens is 3. The van der Waals surface area contributed by atoms with Crippen molar-refractivity contribution in [3.05, 3.63) is 156 Å². The second-order valence-electron chi connectivity index (χ2n) is 16.2. The Hall–Kier alpha value is -6.00. The van der Waals surface area contributed by atoms with Crippen LogP contribution in [0.2, 0.25) is 0 Å². The summed E-state index contributed by atoms with van der Waals surface area (Å²) < 4.78 is 2.18. The number of para-hydroxylation sites is 2. The number of phenols is 1. The average Bonchev–Trinajstić information content (AvgIpc) is 3.53. The molecule has 0 unspecified atom stereocenters. The molecule has 2 aromatic heterocycles. The number of hydrogen-bond acceptors (Lipinski definition) is 3. The van der Waals surface area contributed by atoms with E-state index < -0.39 is 0 Å². The van der Waals surface area contributed by atoms with Crippen molar-refractivity contribution in [3.8, 4) is 56.2 Å². The van der Waals surface area contributed by atoms with Crippen LogP contribution in [0, 0.1) is 6.92 Å². The van der Waals surface area contributed by atoms with Crippen LogP contribution >= 0.6 is 0 Å². The van der Waals surface area contributed by atoms with Gasteiger partial charge in [0.15, 0.2) is 0 Å². The van der Waals surface area contributed by atoms with Crippen molar-refractivity contribution >= 4 is 21.9 Å². The van der Waals surface area contributed by atoms with Gasteiger partial charge in [-0.2, -0.15) is 0 Å². The highest BCUT2D eigenvalue weighted by atomic mass is 16.3. The van der Waals surface area contributed by atoms with E-state index in [1.807, 2.05) is 30.5 Å². The summed E-state index contributed by atoms with van der Waals surface area (Å²) in [6.45, 7) is 15.7. The Labute approximate surface area is 312 Å². The van der Waals surface area contributed by atoms with E-state index >= 15 is 0 Å². The lowest BCUT2D eigenvalue weighted by Gasteiger charge is -2.22. The molecule has 0 atom stereocenters. The maximum atomic E-state index is 11.1. The highest BCUT2D eigenvalue weighted by Gasteiger charge is 2.23. The molecule has 0 saturated heterocycles. The lowest BCUT2D eigenvalue weighted by Crippen LogP contribution is -2.11. The number of aryl methyl sites for hydroxylation is 1. The summed E-state index contributed by atoms with van der Waals surface area (Å²) in [5.41, 5.74) is 14.8. The maximum Gasteiger partial charge on any atom is 0.149 e. The first-order valence-corrected chi connectivity index (χ1v) is 18.4. The van der Waals surface area contributed by atoms with Gasteiger partial charge in [0, 0.05) is 28.4 Å². The third-order valence-corrected chi connectivity index (χ3v) is 10.4. The molecular weight excluding hydrogens is 647 g/mol. The van der Waals surface area contributed by atoms with Crippen LogP contribution in [0.4, 0.5) is 0 Å². The first-order valence-electron chi connectivity index (χ1n) is 18.4. The zero-order valence-corrected chi connectivity index (χ0v) is 31.6. The third-order valence-electron chi connectivity index (χ3n) is 10.4. The predicted molar refractivity (Wildman–Crippen MR) is 222 cm³/mol. The number of rotatable bonds is 5. The fraction of sp³-hybridized carbons (Fsp3) is 0.184. The summed E-state index contributed by atoms with van der Waals surface area (Å²) in [6.07, 6.45) is 1.88. The Morgan fingerprint density at radius 2 is 1.17 bits per heavy atom. The number of phenolic OH excluding ortho intramolecular Hbond substituents is 1. The molecule has 4 heteroatoms. The SMILES string of the molecule is Cc1ccccc1-c1cc(-c2cc(-c3cccc4c3nc(-c3ccccc3O)n4-c3ccc(C(C)(C)C)cc3)cc(C(C)(C)C)c2)c2ncccc2c1. The number of hydrogen-bond donors (Lipinski definition) is 1. The minimum absolute atomic E-state index is 0.0271. The molecule has 4 nitrogen and oxygen atoms in total. The van der Waals surface area contributed by atoms with Gasteiger partial charge in [-0.25, -0.2) is 4.98 Å². The van der Waals surface area contributed by atoms with Gasteiger partial charge in [0.1, 0.15) is 11.6 Å². The molecule has 0 radical (unpaired) electrons. The Bertz CT molecular complexity index is 2650. The number of aromatic hydroxyl groups is 1. The highest BCUT2D eigenvalue weighted by Crippen LogP contribution is 2.42. The number of imidazole rings is 1. The molecule has 53 heavy (non-hydrogen) atoms. The first kappa shape index (κ1) is 34.1. The summed E-state index contributed by atoms with van der Waals surface area (Å²) in [4.78, 5) is 10.3. The molecule has 1 N–H and O–H groups in total. The van der Waals surface area contributed by atoms with Crippen molar-refractivity contribution in [2.75, 3.05) is 0 Å². The largest absolute Gasteiger partial charge is 0.507 e. The summed E-state index contributed by atoms with van der Waals surface area (Å²) >= 11 is 0. The summed E-state index contributed by atoms with van der Waals surface area (Å²) in [6, 6.07) is 46.8. The van der Waals surface area contributed by atoms with E-state index in [-0.39, 0.29) is 16.6 Å². The van der Waals surface area contributed by atoms with Crippen molar-refractivity contribution in [1.82, 2.24) is 14.5 Å². The zero-order valence-electron chi connectivity index (χ0n) is 31.6. The number of benzene rings is 6. The van der Waals surface area contributed by atoms with Crippen LogP contribution in [0.3, 0.4) is 0 Å². The topological polar surface area (TPSA) is 50.9 Å². The molecule has 6 aromatic carbocycles. The number of pyridine rings is 1. The van der Waals surface area contributed by atoms with Crippen LogP contribution in [0.5, 0.6) is 5.75 Å². The van der Waals surface area contributed by atoms with Crippen molar-refractivity contribution in [1.29, 1.82) is 0 Å². The van der Waals surface area contributed by atoms with E-state index in [0.717, 1.165) is 49.9 Å². The molecule has 262 valence electrons. The molecule has 8 aromatic rings. The zero-order chi connectivity index (χ0) is 37.1. The van der Waals surface area contributed by atoms with Crippen LogP contribution in [-0.2, 0) is 10.8 Å². The first-order chi connectivity index (χ1) is 25.4. The lowest BCUT2D eigenvalue weighted by atomic mass is 9.82. The van der Waals surface area contributed by atoms with Crippen molar-refractivity contribution in [2.24, 2.45) is 0 Å². The Morgan fingerprint density at radius 1 is 0.528 bits per heavy atom. The molecule has 8 rings (SSSR count). The van der Waals surface area contributed by atoms with Gasteiger partial charge in [0.25, 0.3) is 0 Å². The second kappa shape index (κ2) is 12.9. The monoisotopic (exact) mass is 691 g/mol. The average molecular weight is 692 g/mol.